The van der Waals surface area contributed by atoms with Crippen molar-refractivity contribution in [3.8, 4) is 0 Å². The van der Waals surface area contributed by atoms with E-state index < -0.39 is 5.97 Å². The van der Waals surface area contributed by atoms with Crippen LogP contribution in [0.25, 0.3) is 0 Å². The van der Waals surface area contributed by atoms with Gasteiger partial charge in [-0.2, -0.15) is 0 Å². The van der Waals surface area contributed by atoms with Gasteiger partial charge in [0.1, 0.15) is 6.04 Å². The van der Waals surface area contributed by atoms with Gasteiger partial charge in [0.05, 0.1) is 0 Å². The quantitative estimate of drug-likeness (QED) is 0.768. The van der Waals surface area contributed by atoms with Crippen molar-refractivity contribution in [3.63, 3.8) is 0 Å². The second-order valence-corrected chi connectivity index (χ2v) is 4.75. The van der Waals surface area contributed by atoms with Gasteiger partial charge < -0.3 is 10.4 Å². The number of nitrogens with one attached hydrogen (secondary N) is 1. The molecule has 2 rings (SSSR count). The van der Waals surface area contributed by atoms with Gasteiger partial charge >= 0.3 is 5.97 Å². The van der Waals surface area contributed by atoms with Crippen LogP contribution < -0.4 is 5.32 Å². The van der Waals surface area contributed by atoms with Crippen molar-refractivity contribution < 1.29 is 9.90 Å². The Morgan fingerprint density at radius 2 is 2.13 bits per heavy atom. The molecule has 0 aromatic rings. The Bertz CT molecular complexity index is 235. The maximum atomic E-state index is 10.8. The van der Waals surface area contributed by atoms with Crippen molar-refractivity contribution in [2.24, 2.45) is 11.8 Å². The Morgan fingerprint density at radius 3 is 2.73 bits per heavy atom. The summed E-state index contributed by atoms with van der Waals surface area (Å²) < 4.78 is 0. The van der Waals surface area contributed by atoms with Crippen LogP contribution in [0, 0.1) is 11.8 Å². The molecule has 0 spiro atoms. The Morgan fingerprint density at radius 1 is 1.40 bits per heavy atom. The van der Waals surface area contributed by atoms with Crippen LogP contribution in [0.1, 0.15) is 39.0 Å². The van der Waals surface area contributed by atoms with E-state index in [9.17, 15) is 4.79 Å². The number of fused-ring (bicyclic) bond motifs is 1. The molecule has 0 radical (unpaired) electrons. The highest BCUT2D eigenvalue weighted by molar-refractivity contribution is 5.85. The Kier molecular flexibility index (Phi) is 4.41. The molecule has 3 nitrogen and oxygen atoms in total. The molecule has 1 saturated heterocycles. The summed E-state index contributed by atoms with van der Waals surface area (Å²) in [6, 6.07) is 0.204. The Balaban J connectivity index is 0.00000112. The maximum absolute atomic E-state index is 10.8. The molecule has 2 fully saturated rings. The van der Waals surface area contributed by atoms with Crippen LogP contribution in [0.4, 0.5) is 0 Å². The monoisotopic (exact) mass is 233 g/mol. The summed E-state index contributed by atoms with van der Waals surface area (Å²) in [7, 11) is 0. The summed E-state index contributed by atoms with van der Waals surface area (Å²) in [5.41, 5.74) is 0. The molecule has 4 heteroatoms. The summed E-state index contributed by atoms with van der Waals surface area (Å²) in [6.45, 7) is 2.23. The van der Waals surface area contributed by atoms with E-state index in [1.54, 1.807) is 0 Å². The molecule has 4 atom stereocenters. The number of aliphatic carboxylic acids is 1. The summed E-state index contributed by atoms with van der Waals surface area (Å²) in [5, 5.41) is 12.2. The van der Waals surface area contributed by atoms with E-state index in [2.05, 4.69) is 12.2 Å². The molecule has 1 heterocycles. The van der Waals surface area contributed by atoms with Crippen molar-refractivity contribution in [2.75, 3.05) is 0 Å². The zero-order chi connectivity index (χ0) is 10.1. The number of rotatable bonds is 2. The minimum atomic E-state index is -0.674. The van der Waals surface area contributed by atoms with Crippen LogP contribution in [0.2, 0.25) is 0 Å². The van der Waals surface area contributed by atoms with Gasteiger partial charge in [-0.3, -0.25) is 4.79 Å². The average Bonchev–Trinajstić information content (AvgIpc) is 2.59. The smallest absolute Gasteiger partial charge is 0.320 e. The third-order valence-electron chi connectivity index (χ3n) is 3.93. The van der Waals surface area contributed by atoms with Gasteiger partial charge in [0, 0.05) is 6.04 Å². The van der Waals surface area contributed by atoms with E-state index >= 15 is 0 Å². The molecule has 1 saturated carbocycles. The number of halogens is 1. The largest absolute Gasteiger partial charge is 0.480 e. The van der Waals surface area contributed by atoms with Crippen molar-refractivity contribution in [1.82, 2.24) is 5.32 Å². The molecular formula is C11H20ClNO2. The maximum Gasteiger partial charge on any atom is 0.320 e. The second kappa shape index (κ2) is 5.17. The lowest BCUT2D eigenvalue weighted by molar-refractivity contribution is -0.139. The van der Waals surface area contributed by atoms with E-state index in [4.69, 9.17) is 5.11 Å². The van der Waals surface area contributed by atoms with Crippen molar-refractivity contribution in [2.45, 2.75) is 51.1 Å². The van der Waals surface area contributed by atoms with E-state index in [0.717, 1.165) is 12.3 Å². The number of hydrogen-bond donors (Lipinski definition) is 2. The molecule has 2 aliphatic rings. The van der Waals surface area contributed by atoms with Crippen molar-refractivity contribution in [3.05, 3.63) is 0 Å². The highest BCUT2D eigenvalue weighted by Crippen LogP contribution is 2.37. The molecule has 0 bridgehead atoms. The first-order valence-corrected chi connectivity index (χ1v) is 5.69. The predicted octanol–water partition coefficient (Wildman–Crippen LogP) is 2.05. The average molecular weight is 234 g/mol. The lowest BCUT2D eigenvalue weighted by Gasteiger charge is -2.30. The summed E-state index contributed by atoms with van der Waals surface area (Å²) in [6.07, 6.45) is 5.79. The van der Waals surface area contributed by atoms with Gasteiger partial charge in [-0.15, -0.1) is 12.4 Å². The van der Waals surface area contributed by atoms with E-state index in [1.807, 2.05) is 0 Å². The zero-order valence-electron chi connectivity index (χ0n) is 9.11. The summed E-state index contributed by atoms with van der Waals surface area (Å²) in [5.74, 6) is 0.766. The number of carboxylic acid groups (broad SMARTS) is 1. The minimum Gasteiger partial charge on any atom is -0.480 e. The number of carboxylic acids is 1. The Labute approximate surface area is 97.0 Å². The first kappa shape index (κ1) is 12.8. The minimum absolute atomic E-state index is 0. The highest BCUT2D eigenvalue weighted by atomic mass is 35.5. The molecule has 0 amide bonds. The molecule has 0 aromatic carbocycles. The fourth-order valence-corrected chi connectivity index (χ4v) is 2.98. The zero-order valence-corrected chi connectivity index (χ0v) is 9.93. The normalized spacial score (nSPS) is 39.3. The van der Waals surface area contributed by atoms with Gasteiger partial charge in [-0.1, -0.05) is 19.8 Å². The first-order chi connectivity index (χ1) is 6.70. The summed E-state index contributed by atoms with van der Waals surface area (Å²) in [4.78, 5) is 10.8. The van der Waals surface area contributed by atoms with Gasteiger partial charge in [0.2, 0.25) is 0 Å². The van der Waals surface area contributed by atoms with Gasteiger partial charge in [0.25, 0.3) is 0 Å². The van der Waals surface area contributed by atoms with Gasteiger partial charge in [-0.25, -0.2) is 0 Å². The predicted molar refractivity (Wildman–Crippen MR) is 61.3 cm³/mol. The number of carbonyl (C=O) groups is 1. The van der Waals surface area contributed by atoms with Crippen LogP contribution in [-0.4, -0.2) is 23.2 Å². The second-order valence-electron chi connectivity index (χ2n) is 4.75. The van der Waals surface area contributed by atoms with Crippen LogP contribution in [0.15, 0.2) is 0 Å². The first-order valence-electron chi connectivity index (χ1n) is 5.69. The van der Waals surface area contributed by atoms with Crippen LogP contribution in [0.3, 0.4) is 0 Å². The molecule has 88 valence electrons. The molecule has 2 N–H and O–H groups in total. The van der Waals surface area contributed by atoms with E-state index in [-0.39, 0.29) is 18.4 Å². The molecule has 15 heavy (non-hydrogen) atoms. The fraction of sp³-hybridized carbons (Fsp3) is 0.909. The van der Waals surface area contributed by atoms with Crippen molar-refractivity contribution in [1.29, 1.82) is 0 Å². The standard InChI is InChI=1S/C11H19NO2.ClH/c1-2-7-3-4-8-6-10(11(13)14)12-9(8)5-7;/h7-10,12H,2-6H2,1H3,(H,13,14);1H. The van der Waals surface area contributed by atoms with Gasteiger partial charge in [0.15, 0.2) is 0 Å². The molecular weight excluding hydrogens is 214 g/mol. The molecule has 1 aliphatic carbocycles. The summed E-state index contributed by atoms with van der Waals surface area (Å²) >= 11 is 0. The van der Waals surface area contributed by atoms with Crippen molar-refractivity contribution >= 4 is 18.4 Å². The number of hydrogen-bond acceptors (Lipinski definition) is 2. The van der Waals surface area contributed by atoms with Gasteiger partial charge in [-0.05, 0) is 31.1 Å². The van der Waals surface area contributed by atoms with E-state index in [0.29, 0.717) is 12.0 Å². The fourth-order valence-electron chi connectivity index (χ4n) is 2.98. The molecule has 0 aromatic heterocycles. The lowest BCUT2D eigenvalue weighted by Crippen LogP contribution is -2.38. The third-order valence-corrected chi connectivity index (χ3v) is 3.93. The topological polar surface area (TPSA) is 49.3 Å². The third kappa shape index (κ3) is 2.64. The molecule has 4 unspecified atom stereocenters. The SMILES string of the molecule is CCC1CCC2CC(C(=O)O)NC2C1.Cl. The van der Waals surface area contributed by atoms with E-state index in [1.165, 1.54) is 25.7 Å². The van der Waals surface area contributed by atoms with Crippen LogP contribution >= 0.6 is 12.4 Å². The highest BCUT2D eigenvalue weighted by Gasteiger charge is 2.40. The molecule has 1 aliphatic heterocycles. The Hall–Kier alpha value is -0.280. The lowest BCUT2D eigenvalue weighted by atomic mass is 9.78. The van der Waals surface area contributed by atoms with Crippen LogP contribution in [-0.2, 0) is 4.79 Å². The van der Waals surface area contributed by atoms with Crippen LogP contribution in [0.5, 0.6) is 0 Å².